The summed E-state index contributed by atoms with van der Waals surface area (Å²) in [5.41, 5.74) is -1.39. The minimum absolute atomic E-state index is 0.0282. The van der Waals surface area contributed by atoms with Gasteiger partial charge in [0.1, 0.15) is 45.0 Å². The van der Waals surface area contributed by atoms with E-state index in [0.717, 1.165) is 21.8 Å². The minimum atomic E-state index is -4.38. The lowest BCUT2D eigenvalue weighted by molar-refractivity contribution is -0.143. The minimum Gasteiger partial charge on any atom is -0.497 e. The number of likely N-dealkylation sites (tertiary alicyclic amines) is 1. The highest BCUT2D eigenvalue weighted by Gasteiger charge is 2.61. The van der Waals surface area contributed by atoms with E-state index in [0.29, 0.717) is 37.3 Å². The van der Waals surface area contributed by atoms with Crippen LogP contribution in [-0.2, 0) is 29.1 Å². The molecule has 0 radical (unpaired) electrons. The molecule has 7 rings (SSSR count). The number of nitrogens with zero attached hydrogens (tertiary/aromatic N) is 2. The average Bonchev–Trinajstić information content (AvgIpc) is 3.52. The van der Waals surface area contributed by atoms with Gasteiger partial charge in [0.25, 0.3) is 15.9 Å². The lowest BCUT2D eigenvalue weighted by Gasteiger charge is -2.36. The third-order valence-electron chi connectivity index (χ3n) is 11.1. The zero-order chi connectivity index (χ0) is 47.8. The Morgan fingerprint density at radius 3 is 2.33 bits per heavy atom. The molecule has 1 aliphatic heterocycles. The SMILES string of the molecule is C=CC1CC1(NC(=O)C1CC(Oc2cc(-c3ccccc3)nc3cc(OC)ccc23)CN1C(=O)C(NC(=O)OC(C)(C)C)C(C)(C)C)C(=O)NS(=O)(=O)c1ccc(Sc2ccc(Cl)cc2)s1. The van der Waals surface area contributed by atoms with E-state index in [1.165, 1.54) is 28.8 Å². The number of aromatic nitrogens is 1. The maximum absolute atomic E-state index is 14.9. The molecule has 3 N–H and O–H groups in total. The fourth-order valence-electron chi connectivity index (χ4n) is 7.67. The van der Waals surface area contributed by atoms with Gasteiger partial charge < -0.3 is 29.7 Å². The second kappa shape index (κ2) is 18.9. The summed E-state index contributed by atoms with van der Waals surface area (Å²) in [6, 6.07) is 24.5. The van der Waals surface area contributed by atoms with Crippen molar-refractivity contribution in [2.75, 3.05) is 13.7 Å². The van der Waals surface area contributed by atoms with E-state index < -0.39 is 74.5 Å². The molecule has 18 heteroatoms. The predicted octanol–water partition coefficient (Wildman–Crippen LogP) is 8.63. The van der Waals surface area contributed by atoms with Gasteiger partial charge in [0.15, 0.2) is 0 Å². The average molecular weight is 975 g/mol. The quantitative estimate of drug-likeness (QED) is 0.0907. The number of pyridine rings is 1. The summed E-state index contributed by atoms with van der Waals surface area (Å²) in [6.45, 7) is 14.2. The molecule has 3 heterocycles. The number of halogens is 1. The fraction of sp³-hybridized carbons (Fsp3) is 0.354. The Balaban J connectivity index is 1.18. The summed E-state index contributed by atoms with van der Waals surface area (Å²) in [4.78, 5) is 64.0. The van der Waals surface area contributed by atoms with Gasteiger partial charge in [-0.15, -0.1) is 17.9 Å². The van der Waals surface area contributed by atoms with Crippen LogP contribution in [-0.4, -0.2) is 85.1 Å². The monoisotopic (exact) mass is 973 g/mol. The van der Waals surface area contributed by atoms with Crippen molar-refractivity contribution in [1.29, 1.82) is 0 Å². The molecule has 1 aliphatic carbocycles. The highest BCUT2D eigenvalue weighted by molar-refractivity contribution is 8.01. The number of methoxy groups -OCH3 is 1. The van der Waals surface area contributed by atoms with Crippen molar-refractivity contribution in [3.05, 3.63) is 109 Å². The normalized spacial score (nSPS) is 19.9. The smallest absolute Gasteiger partial charge is 0.408 e. The van der Waals surface area contributed by atoms with Crippen LogP contribution in [0.3, 0.4) is 0 Å². The highest BCUT2D eigenvalue weighted by Crippen LogP contribution is 2.46. The van der Waals surface area contributed by atoms with Crippen molar-refractivity contribution >= 4 is 79.4 Å². The first-order chi connectivity index (χ1) is 31.1. The summed E-state index contributed by atoms with van der Waals surface area (Å²) < 4.78 is 47.9. The van der Waals surface area contributed by atoms with Crippen LogP contribution in [0.5, 0.6) is 11.5 Å². The van der Waals surface area contributed by atoms with Crippen LogP contribution in [0, 0.1) is 11.3 Å². The molecule has 5 aromatic rings. The molecule has 348 valence electrons. The van der Waals surface area contributed by atoms with Crippen molar-refractivity contribution in [2.45, 2.75) is 97.0 Å². The maximum atomic E-state index is 14.9. The molecule has 1 saturated heterocycles. The first-order valence-electron chi connectivity index (χ1n) is 21.1. The summed E-state index contributed by atoms with van der Waals surface area (Å²) in [5, 5.41) is 6.79. The van der Waals surface area contributed by atoms with Gasteiger partial charge in [-0.3, -0.25) is 14.4 Å². The third kappa shape index (κ3) is 11.0. The number of thiophene rings is 1. The first kappa shape index (κ1) is 48.3. The van der Waals surface area contributed by atoms with Crippen LogP contribution in [0.1, 0.15) is 54.4 Å². The number of hydrogen-bond acceptors (Lipinski definition) is 12. The van der Waals surface area contributed by atoms with E-state index in [2.05, 4.69) is 21.9 Å². The Morgan fingerprint density at radius 1 is 0.985 bits per heavy atom. The standard InChI is InChI=1S/C48H52ClN5O9S3/c1-9-29-26-48(29,44(57)53-66(59,60)40-22-21-39(65-40)64-33-18-15-30(49)16-19-33)52-42(55)37-24-32(27-54(37)43(56)41(46(2,3)4)51-45(58)63-47(5,6)7)62-38-25-35(28-13-11-10-12-14-28)50-36-23-31(61-8)17-20-34(36)38/h9-23,25,29,32,37,41H,1,24,26-27H2,2-8H3,(H,51,58)(H,52,55)(H,53,57). The summed E-state index contributed by atoms with van der Waals surface area (Å²) in [7, 11) is -2.82. The molecule has 1 saturated carbocycles. The Hall–Kier alpha value is -5.62. The molecule has 5 unspecified atom stereocenters. The van der Waals surface area contributed by atoms with Crippen molar-refractivity contribution in [3.8, 4) is 22.8 Å². The zero-order valence-corrected chi connectivity index (χ0v) is 40.8. The Kier molecular flexibility index (Phi) is 13.9. The summed E-state index contributed by atoms with van der Waals surface area (Å²) in [5.74, 6) is -1.85. The van der Waals surface area contributed by atoms with Crippen LogP contribution in [0.15, 0.2) is 117 Å². The lowest BCUT2D eigenvalue weighted by Crippen LogP contribution is -2.60. The number of carbonyl (C=O) groups is 4. The van der Waals surface area contributed by atoms with Crippen LogP contribution in [0.4, 0.5) is 4.79 Å². The maximum Gasteiger partial charge on any atom is 0.408 e. The number of nitrogens with one attached hydrogen (secondary N) is 3. The number of alkyl carbamates (subject to hydrolysis) is 1. The number of fused-ring (bicyclic) bond motifs is 1. The van der Waals surface area contributed by atoms with E-state index in [1.54, 1.807) is 85.1 Å². The molecule has 2 aliphatic rings. The van der Waals surface area contributed by atoms with Gasteiger partial charge >= 0.3 is 6.09 Å². The van der Waals surface area contributed by atoms with Crippen molar-refractivity contribution in [2.24, 2.45) is 11.3 Å². The van der Waals surface area contributed by atoms with Crippen LogP contribution in [0.25, 0.3) is 22.2 Å². The van der Waals surface area contributed by atoms with Gasteiger partial charge in [-0.1, -0.05) is 80.5 Å². The van der Waals surface area contributed by atoms with Crippen LogP contribution >= 0.6 is 34.7 Å². The van der Waals surface area contributed by atoms with E-state index in [-0.39, 0.29) is 23.6 Å². The number of amides is 4. The number of ether oxygens (including phenoxy) is 3. The van der Waals surface area contributed by atoms with Crippen molar-refractivity contribution < 1.29 is 41.8 Å². The van der Waals surface area contributed by atoms with E-state index >= 15 is 0 Å². The summed E-state index contributed by atoms with van der Waals surface area (Å²) >= 11 is 8.35. The first-order valence-corrected chi connectivity index (χ1v) is 24.6. The molecule has 66 heavy (non-hydrogen) atoms. The number of benzene rings is 3. The molecular formula is C48H52ClN5O9S3. The number of sulfonamides is 1. The van der Waals surface area contributed by atoms with E-state index in [1.807, 2.05) is 48.5 Å². The molecule has 2 aromatic heterocycles. The van der Waals surface area contributed by atoms with Gasteiger partial charge in [0, 0.05) is 45.3 Å². The van der Waals surface area contributed by atoms with Crippen LogP contribution in [0.2, 0.25) is 5.02 Å². The molecule has 4 amide bonds. The fourth-order valence-corrected chi connectivity index (χ4v) is 11.4. The second-order valence-electron chi connectivity index (χ2n) is 18.3. The lowest BCUT2D eigenvalue weighted by atomic mass is 9.85. The summed E-state index contributed by atoms with van der Waals surface area (Å²) in [6.07, 6.45) is -0.0795. The molecule has 14 nitrogen and oxygen atoms in total. The predicted molar refractivity (Wildman–Crippen MR) is 255 cm³/mol. The zero-order valence-electron chi connectivity index (χ0n) is 37.5. The molecular weight excluding hydrogens is 922 g/mol. The Morgan fingerprint density at radius 2 is 1.70 bits per heavy atom. The van der Waals surface area contributed by atoms with E-state index in [9.17, 15) is 27.6 Å². The molecule has 3 aromatic carbocycles. The van der Waals surface area contributed by atoms with Gasteiger partial charge in [-0.05, 0) is 81.1 Å². The molecule has 0 bridgehead atoms. The molecule has 0 spiro atoms. The van der Waals surface area contributed by atoms with Gasteiger partial charge in [0.2, 0.25) is 11.8 Å². The van der Waals surface area contributed by atoms with E-state index in [4.69, 9.17) is 30.8 Å². The topological polar surface area (TPSA) is 182 Å². The van der Waals surface area contributed by atoms with Crippen molar-refractivity contribution in [1.82, 2.24) is 25.2 Å². The highest BCUT2D eigenvalue weighted by atomic mass is 35.5. The largest absolute Gasteiger partial charge is 0.497 e. The van der Waals surface area contributed by atoms with Crippen molar-refractivity contribution in [3.63, 3.8) is 0 Å². The number of hydrogen-bond donors (Lipinski definition) is 3. The van der Waals surface area contributed by atoms with Gasteiger partial charge in [-0.2, -0.15) is 0 Å². The Labute approximate surface area is 397 Å². The molecule has 2 fully saturated rings. The molecule has 5 atom stereocenters. The number of carbonyl (C=O) groups excluding carboxylic acids is 4. The second-order valence-corrected chi connectivity index (χ2v) is 23.1. The number of rotatable bonds is 14. The van der Waals surface area contributed by atoms with Gasteiger partial charge in [0.05, 0.1) is 29.1 Å². The third-order valence-corrected chi connectivity index (χ3v) is 15.4. The Bertz CT molecular complexity index is 2770. The van der Waals surface area contributed by atoms with Crippen LogP contribution < -0.4 is 24.8 Å². The van der Waals surface area contributed by atoms with Gasteiger partial charge in [-0.25, -0.2) is 22.9 Å².